The number of aromatic nitrogens is 2. The number of amides is 1. The molecule has 9 heteroatoms. The highest BCUT2D eigenvalue weighted by atomic mass is 32.1. The third-order valence-electron chi connectivity index (χ3n) is 5.97. The normalized spacial score (nSPS) is 12.8. The minimum Gasteiger partial charge on any atom is -0.312 e. The molecule has 0 saturated heterocycles. The lowest BCUT2D eigenvalue weighted by molar-refractivity contribution is -0.384. The molecule has 0 atom stereocenters. The van der Waals surface area contributed by atoms with Gasteiger partial charge in [0.1, 0.15) is 4.83 Å². The van der Waals surface area contributed by atoms with E-state index in [1.165, 1.54) is 34.4 Å². The minimum atomic E-state index is -0.464. The Balaban J connectivity index is 1.39. The molecule has 166 valence electrons. The van der Waals surface area contributed by atoms with E-state index in [4.69, 9.17) is 0 Å². The van der Waals surface area contributed by atoms with Crippen LogP contribution in [0.15, 0.2) is 59.0 Å². The van der Waals surface area contributed by atoms with Gasteiger partial charge in [-0.15, -0.1) is 11.3 Å². The third kappa shape index (κ3) is 3.80. The van der Waals surface area contributed by atoms with Gasteiger partial charge in [-0.05, 0) is 24.5 Å². The largest absolute Gasteiger partial charge is 0.312 e. The van der Waals surface area contributed by atoms with Gasteiger partial charge in [-0.1, -0.05) is 35.9 Å². The molecule has 0 saturated carbocycles. The topological polar surface area (TPSA) is 98.3 Å². The van der Waals surface area contributed by atoms with Crippen molar-refractivity contribution in [1.82, 2.24) is 9.55 Å². The molecule has 2 aromatic heterocycles. The highest BCUT2D eigenvalue weighted by molar-refractivity contribution is 7.17. The first kappa shape index (κ1) is 21.0. The van der Waals surface area contributed by atoms with Gasteiger partial charge in [0, 0.05) is 42.6 Å². The summed E-state index contributed by atoms with van der Waals surface area (Å²) in [6.45, 7) is 2.67. The molecule has 0 bridgehead atoms. The summed E-state index contributed by atoms with van der Waals surface area (Å²) in [5, 5.41) is 13.6. The number of hydrogen-bond acceptors (Lipinski definition) is 6. The zero-order chi connectivity index (χ0) is 23.1. The van der Waals surface area contributed by atoms with Gasteiger partial charge in [-0.25, -0.2) is 4.98 Å². The Hall–Kier alpha value is -3.85. The fraction of sp³-hybridized carbons (Fsp3) is 0.208. The lowest BCUT2D eigenvalue weighted by Gasteiger charge is -2.17. The molecular formula is C24H20N4O4S. The van der Waals surface area contributed by atoms with Crippen molar-refractivity contribution < 1.29 is 9.72 Å². The predicted octanol–water partition coefficient (Wildman–Crippen LogP) is 4.32. The molecule has 33 heavy (non-hydrogen) atoms. The standard InChI is InChI=1S/C24H20N4O4S/c1-15-2-4-16(5-3-15)19-13-33-23-22(19)24(30)26(14-25-23)10-9-21(29)27-11-8-17-6-7-18(28(31)32)12-20(17)27/h2-7,12-14H,8-11H2,1H3. The predicted molar refractivity (Wildman–Crippen MR) is 128 cm³/mol. The van der Waals surface area contributed by atoms with E-state index < -0.39 is 4.92 Å². The summed E-state index contributed by atoms with van der Waals surface area (Å²) in [5.74, 6) is -0.176. The van der Waals surface area contributed by atoms with Gasteiger partial charge in [0.25, 0.3) is 11.2 Å². The van der Waals surface area contributed by atoms with Gasteiger partial charge >= 0.3 is 0 Å². The van der Waals surface area contributed by atoms with Crippen molar-refractivity contribution >= 4 is 38.8 Å². The fourth-order valence-corrected chi connectivity index (χ4v) is 5.07. The Morgan fingerprint density at radius 3 is 2.76 bits per heavy atom. The maximum absolute atomic E-state index is 13.2. The van der Waals surface area contributed by atoms with Crippen LogP contribution in [-0.2, 0) is 17.8 Å². The second-order valence-corrected chi connectivity index (χ2v) is 8.91. The molecule has 0 unspecified atom stereocenters. The average Bonchev–Trinajstić information content (AvgIpc) is 3.43. The lowest BCUT2D eigenvalue weighted by atomic mass is 10.1. The summed E-state index contributed by atoms with van der Waals surface area (Å²) in [6, 6.07) is 12.6. The van der Waals surface area contributed by atoms with Crippen LogP contribution in [0.4, 0.5) is 11.4 Å². The molecule has 0 spiro atoms. The summed E-state index contributed by atoms with van der Waals surface area (Å²) in [7, 11) is 0. The monoisotopic (exact) mass is 460 g/mol. The number of carbonyl (C=O) groups is 1. The Morgan fingerprint density at radius 2 is 2.00 bits per heavy atom. The molecular weight excluding hydrogens is 440 g/mol. The van der Waals surface area contributed by atoms with Crippen LogP contribution in [0, 0.1) is 17.0 Å². The van der Waals surface area contributed by atoms with Crippen LogP contribution in [0.2, 0.25) is 0 Å². The van der Waals surface area contributed by atoms with E-state index in [0.717, 1.165) is 22.3 Å². The number of non-ortho nitro benzene ring substituents is 1. The summed E-state index contributed by atoms with van der Waals surface area (Å²) >= 11 is 1.42. The van der Waals surface area contributed by atoms with Crippen molar-refractivity contribution in [3.63, 3.8) is 0 Å². The molecule has 3 heterocycles. The van der Waals surface area contributed by atoms with E-state index in [9.17, 15) is 19.7 Å². The molecule has 4 aromatic rings. The number of thiophene rings is 1. The minimum absolute atomic E-state index is 0.0413. The Labute approximate surface area is 192 Å². The molecule has 0 fully saturated rings. The fourth-order valence-electron chi connectivity index (χ4n) is 4.16. The number of nitro benzene ring substituents is 1. The molecule has 5 rings (SSSR count). The van der Waals surface area contributed by atoms with Crippen LogP contribution in [0.3, 0.4) is 0 Å². The van der Waals surface area contributed by atoms with Gasteiger partial charge in [0.05, 0.1) is 22.3 Å². The van der Waals surface area contributed by atoms with Crippen LogP contribution in [0.5, 0.6) is 0 Å². The van der Waals surface area contributed by atoms with Crippen LogP contribution in [-0.4, -0.2) is 26.9 Å². The maximum Gasteiger partial charge on any atom is 0.271 e. The number of rotatable bonds is 5. The van der Waals surface area contributed by atoms with E-state index >= 15 is 0 Å². The Kier molecular flexibility index (Phi) is 5.26. The SMILES string of the molecule is Cc1ccc(-c2csc3ncn(CCC(=O)N4CCc5ccc([N+](=O)[O-])cc54)c(=O)c23)cc1. The number of hydrogen-bond donors (Lipinski definition) is 0. The maximum atomic E-state index is 13.2. The molecule has 0 radical (unpaired) electrons. The quantitative estimate of drug-likeness (QED) is 0.326. The third-order valence-corrected chi connectivity index (χ3v) is 6.85. The van der Waals surface area contributed by atoms with Crippen LogP contribution in [0.25, 0.3) is 21.3 Å². The van der Waals surface area contributed by atoms with Gasteiger partial charge in [0.15, 0.2) is 0 Å². The van der Waals surface area contributed by atoms with Crippen molar-refractivity contribution in [1.29, 1.82) is 0 Å². The Morgan fingerprint density at radius 1 is 1.21 bits per heavy atom. The van der Waals surface area contributed by atoms with Crippen molar-refractivity contribution in [2.45, 2.75) is 26.3 Å². The van der Waals surface area contributed by atoms with E-state index in [0.29, 0.717) is 28.9 Å². The zero-order valence-corrected chi connectivity index (χ0v) is 18.7. The first-order valence-electron chi connectivity index (χ1n) is 10.5. The molecule has 1 aliphatic heterocycles. The number of carbonyl (C=O) groups excluding carboxylic acids is 1. The number of anilines is 1. The van der Waals surface area contributed by atoms with Crippen molar-refractivity contribution in [2.24, 2.45) is 0 Å². The summed E-state index contributed by atoms with van der Waals surface area (Å²) < 4.78 is 1.47. The highest BCUT2D eigenvalue weighted by Gasteiger charge is 2.26. The van der Waals surface area contributed by atoms with Gasteiger partial charge in [0.2, 0.25) is 5.91 Å². The lowest BCUT2D eigenvalue weighted by Crippen LogP contribution is -2.31. The number of aryl methyl sites for hydroxylation is 2. The van der Waals surface area contributed by atoms with Crippen LogP contribution < -0.4 is 10.5 Å². The van der Waals surface area contributed by atoms with Gasteiger partial charge in [-0.2, -0.15) is 0 Å². The van der Waals surface area contributed by atoms with E-state index in [2.05, 4.69) is 4.98 Å². The number of benzene rings is 2. The first-order valence-corrected chi connectivity index (χ1v) is 11.4. The van der Waals surface area contributed by atoms with Gasteiger partial charge in [-0.3, -0.25) is 24.3 Å². The number of nitrogens with zero attached hydrogens (tertiary/aromatic N) is 4. The summed E-state index contributed by atoms with van der Waals surface area (Å²) in [5.41, 5.74) is 4.21. The van der Waals surface area contributed by atoms with Gasteiger partial charge < -0.3 is 4.90 Å². The second-order valence-electron chi connectivity index (χ2n) is 8.05. The Bertz CT molecular complexity index is 1460. The van der Waals surface area contributed by atoms with E-state index in [1.807, 2.05) is 36.6 Å². The smallest absolute Gasteiger partial charge is 0.271 e. The molecule has 2 aromatic carbocycles. The average molecular weight is 461 g/mol. The summed E-state index contributed by atoms with van der Waals surface area (Å²) in [4.78, 5) is 43.5. The van der Waals surface area contributed by atoms with Crippen molar-refractivity contribution in [3.05, 3.63) is 85.8 Å². The van der Waals surface area contributed by atoms with Crippen molar-refractivity contribution in [2.75, 3.05) is 11.4 Å². The number of fused-ring (bicyclic) bond motifs is 2. The first-order chi connectivity index (χ1) is 15.9. The zero-order valence-electron chi connectivity index (χ0n) is 17.9. The van der Waals surface area contributed by atoms with Crippen LogP contribution in [0.1, 0.15) is 17.5 Å². The highest BCUT2D eigenvalue weighted by Crippen LogP contribution is 2.33. The summed E-state index contributed by atoms with van der Waals surface area (Å²) in [6.07, 6.45) is 2.23. The van der Waals surface area contributed by atoms with Crippen LogP contribution >= 0.6 is 11.3 Å². The van der Waals surface area contributed by atoms with E-state index in [-0.39, 0.29) is 30.1 Å². The molecule has 0 aliphatic carbocycles. The van der Waals surface area contributed by atoms with E-state index in [1.54, 1.807) is 11.0 Å². The molecule has 8 nitrogen and oxygen atoms in total. The molecule has 0 N–H and O–H groups in total. The van der Waals surface area contributed by atoms with Crippen molar-refractivity contribution in [3.8, 4) is 11.1 Å². The second kappa shape index (κ2) is 8.25. The number of nitro groups is 1. The molecule has 1 aliphatic rings. The molecule has 1 amide bonds.